The molecule has 0 aliphatic carbocycles. The number of hydrogen-bond donors (Lipinski definition) is 0. The van der Waals surface area contributed by atoms with Crippen LogP contribution in [0.5, 0.6) is 0 Å². The van der Waals surface area contributed by atoms with Crippen molar-refractivity contribution in [3.8, 4) is 17.2 Å². The predicted molar refractivity (Wildman–Crippen MR) is 163 cm³/mol. The van der Waals surface area contributed by atoms with E-state index in [1.54, 1.807) is 0 Å². The van der Waals surface area contributed by atoms with Crippen LogP contribution in [0.1, 0.15) is 0 Å². The summed E-state index contributed by atoms with van der Waals surface area (Å²) in [7, 11) is 0. The van der Waals surface area contributed by atoms with Crippen LogP contribution in [0.25, 0.3) is 77.4 Å². The third kappa shape index (κ3) is 3.00. The number of benzene rings is 5. The molecular weight excluding hydrogens is 490 g/mol. The molecule has 9 aromatic rings. The number of imidazole rings is 1. The van der Waals surface area contributed by atoms with E-state index in [-0.39, 0.29) is 0 Å². The first-order chi connectivity index (χ1) is 19.8. The molecule has 0 amide bonds. The highest BCUT2D eigenvalue weighted by molar-refractivity contribution is 6.17. The van der Waals surface area contributed by atoms with Gasteiger partial charge in [0, 0.05) is 27.9 Å². The number of nitrogens with zero attached hydrogens (tertiary/aromatic N) is 5. The number of aromatic nitrogens is 5. The van der Waals surface area contributed by atoms with Crippen LogP contribution in [-0.4, -0.2) is 23.9 Å². The van der Waals surface area contributed by atoms with Crippen LogP contribution in [0.2, 0.25) is 0 Å². The van der Waals surface area contributed by atoms with E-state index in [0.29, 0.717) is 5.82 Å². The molecule has 0 fully saturated rings. The Morgan fingerprint density at radius 3 is 2.10 bits per heavy atom. The molecule has 0 atom stereocenters. The largest absolute Gasteiger partial charge is 0.300 e. The van der Waals surface area contributed by atoms with E-state index in [9.17, 15) is 0 Å². The minimum absolute atomic E-state index is 0.709. The lowest BCUT2D eigenvalue weighted by Crippen LogP contribution is -2.02. The second-order valence-electron chi connectivity index (χ2n) is 10.2. The minimum Gasteiger partial charge on any atom is -0.300 e. The van der Waals surface area contributed by atoms with E-state index in [1.807, 2.05) is 36.4 Å². The second kappa shape index (κ2) is 7.98. The van der Waals surface area contributed by atoms with Gasteiger partial charge in [-0.1, -0.05) is 72.8 Å². The molecule has 186 valence electrons. The van der Waals surface area contributed by atoms with Crippen molar-refractivity contribution in [3.63, 3.8) is 0 Å². The van der Waals surface area contributed by atoms with Gasteiger partial charge in [0.25, 0.3) is 0 Å². The van der Waals surface area contributed by atoms with Crippen molar-refractivity contribution >= 4 is 60.2 Å². The summed E-state index contributed by atoms with van der Waals surface area (Å²) < 4.78 is 4.47. The van der Waals surface area contributed by atoms with Crippen molar-refractivity contribution in [2.24, 2.45) is 0 Å². The van der Waals surface area contributed by atoms with Crippen LogP contribution < -0.4 is 0 Å². The van der Waals surface area contributed by atoms with Gasteiger partial charge < -0.3 is 0 Å². The van der Waals surface area contributed by atoms with Gasteiger partial charge in [0.2, 0.25) is 0 Å². The molecule has 9 rings (SSSR count). The first-order valence-corrected chi connectivity index (χ1v) is 13.4. The average Bonchev–Trinajstić information content (AvgIpc) is 3.53. The SMILES string of the molecule is c1ccc(-c2nc(-n3c4cc5ccccc5cc4c4cc5nc6ccccn6c5cc43)c3ccccc3n2)cc1. The third-order valence-electron chi connectivity index (χ3n) is 7.89. The van der Waals surface area contributed by atoms with E-state index < -0.39 is 0 Å². The molecule has 0 bridgehead atoms. The van der Waals surface area contributed by atoms with E-state index in [4.69, 9.17) is 15.0 Å². The van der Waals surface area contributed by atoms with E-state index in [0.717, 1.165) is 55.4 Å². The number of fused-ring (bicyclic) bond motifs is 8. The zero-order valence-corrected chi connectivity index (χ0v) is 21.4. The van der Waals surface area contributed by atoms with Crippen molar-refractivity contribution < 1.29 is 0 Å². The Hall–Kier alpha value is -5.55. The van der Waals surface area contributed by atoms with Crippen LogP contribution in [0, 0.1) is 0 Å². The summed E-state index contributed by atoms with van der Waals surface area (Å²) in [5, 5.41) is 5.74. The Kier molecular flexibility index (Phi) is 4.27. The number of para-hydroxylation sites is 1. The summed E-state index contributed by atoms with van der Waals surface area (Å²) in [6, 6.07) is 42.2. The molecule has 5 nitrogen and oxygen atoms in total. The number of rotatable bonds is 2. The second-order valence-corrected chi connectivity index (χ2v) is 10.2. The first-order valence-electron chi connectivity index (χ1n) is 13.4. The highest BCUT2D eigenvalue weighted by atomic mass is 15.1. The number of hydrogen-bond acceptors (Lipinski definition) is 3. The predicted octanol–water partition coefficient (Wildman–Crippen LogP) is 8.35. The van der Waals surface area contributed by atoms with Gasteiger partial charge in [-0.3, -0.25) is 8.97 Å². The van der Waals surface area contributed by atoms with Gasteiger partial charge in [-0.05, 0) is 59.3 Å². The minimum atomic E-state index is 0.709. The maximum Gasteiger partial charge on any atom is 0.162 e. The normalized spacial score (nSPS) is 12.0. The quantitative estimate of drug-likeness (QED) is 0.234. The van der Waals surface area contributed by atoms with Gasteiger partial charge in [-0.25, -0.2) is 15.0 Å². The van der Waals surface area contributed by atoms with Crippen molar-refractivity contribution in [1.82, 2.24) is 23.9 Å². The molecule has 4 aromatic heterocycles. The first kappa shape index (κ1) is 21.4. The van der Waals surface area contributed by atoms with Crippen molar-refractivity contribution in [3.05, 3.63) is 128 Å². The van der Waals surface area contributed by atoms with E-state index in [1.165, 1.54) is 16.2 Å². The van der Waals surface area contributed by atoms with Gasteiger partial charge in [0.05, 0.1) is 27.6 Å². The summed E-state index contributed by atoms with van der Waals surface area (Å²) in [5.74, 6) is 1.58. The average molecular weight is 512 g/mol. The molecule has 0 aliphatic rings. The molecule has 0 radical (unpaired) electrons. The van der Waals surface area contributed by atoms with Crippen LogP contribution in [0.15, 0.2) is 128 Å². The summed E-state index contributed by atoms with van der Waals surface area (Å²) in [6.45, 7) is 0. The number of pyridine rings is 1. The fourth-order valence-electron chi connectivity index (χ4n) is 6.03. The summed E-state index contributed by atoms with van der Waals surface area (Å²) in [5.41, 5.74) is 7.08. The summed E-state index contributed by atoms with van der Waals surface area (Å²) in [6.07, 6.45) is 2.07. The fraction of sp³-hybridized carbons (Fsp3) is 0. The summed E-state index contributed by atoms with van der Waals surface area (Å²) in [4.78, 5) is 15.2. The monoisotopic (exact) mass is 511 g/mol. The topological polar surface area (TPSA) is 48.0 Å². The van der Waals surface area contributed by atoms with Crippen molar-refractivity contribution in [1.29, 1.82) is 0 Å². The lowest BCUT2D eigenvalue weighted by atomic mass is 10.1. The van der Waals surface area contributed by atoms with Crippen molar-refractivity contribution in [2.45, 2.75) is 0 Å². The smallest absolute Gasteiger partial charge is 0.162 e. The molecule has 40 heavy (non-hydrogen) atoms. The van der Waals surface area contributed by atoms with Gasteiger partial charge in [-0.15, -0.1) is 0 Å². The van der Waals surface area contributed by atoms with Gasteiger partial charge >= 0.3 is 0 Å². The highest BCUT2D eigenvalue weighted by Crippen LogP contribution is 2.38. The fourth-order valence-corrected chi connectivity index (χ4v) is 6.03. The Labute approximate surface area is 228 Å². The Balaban J connectivity index is 1.49. The molecular formula is C35H21N5. The molecule has 0 aliphatic heterocycles. The lowest BCUT2D eigenvalue weighted by molar-refractivity contribution is 1.08. The maximum atomic E-state index is 5.25. The van der Waals surface area contributed by atoms with E-state index >= 15 is 0 Å². The Morgan fingerprint density at radius 1 is 0.475 bits per heavy atom. The molecule has 5 aromatic carbocycles. The highest BCUT2D eigenvalue weighted by Gasteiger charge is 2.20. The van der Waals surface area contributed by atoms with Gasteiger partial charge in [0.15, 0.2) is 5.82 Å². The lowest BCUT2D eigenvalue weighted by Gasteiger charge is -2.13. The molecule has 0 N–H and O–H groups in total. The van der Waals surface area contributed by atoms with Crippen LogP contribution in [-0.2, 0) is 0 Å². The molecule has 0 spiro atoms. The molecule has 0 saturated heterocycles. The molecule has 0 saturated carbocycles. The standard InChI is InChI=1S/C35H21N5/c1-2-10-22(11-3-1)34-37-28-15-7-6-14-25(28)35(38-34)40-30-19-24-13-5-4-12-23(24)18-26(30)27-20-29-32(21-31(27)40)39-17-9-8-16-33(39)36-29/h1-21H. The Bertz CT molecular complexity index is 2430. The molecule has 0 unspecified atom stereocenters. The zero-order valence-electron chi connectivity index (χ0n) is 21.4. The molecule has 4 heterocycles. The maximum absolute atomic E-state index is 5.25. The molecule has 5 heteroatoms. The van der Waals surface area contributed by atoms with Crippen molar-refractivity contribution in [2.75, 3.05) is 0 Å². The van der Waals surface area contributed by atoms with Gasteiger partial charge in [0.1, 0.15) is 11.5 Å². The van der Waals surface area contributed by atoms with Crippen LogP contribution in [0.3, 0.4) is 0 Å². The van der Waals surface area contributed by atoms with E-state index in [2.05, 4.69) is 100 Å². The zero-order chi connectivity index (χ0) is 26.2. The Morgan fingerprint density at radius 2 is 1.20 bits per heavy atom. The third-order valence-corrected chi connectivity index (χ3v) is 7.89. The van der Waals surface area contributed by atoms with Crippen LogP contribution >= 0.6 is 0 Å². The van der Waals surface area contributed by atoms with Gasteiger partial charge in [-0.2, -0.15) is 0 Å². The van der Waals surface area contributed by atoms with Crippen LogP contribution in [0.4, 0.5) is 0 Å². The summed E-state index contributed by atoms with van der Waals surface area (Å²) >= 11 is 0.